The molecule has 2 aliphatic rings. The molecule has 106 valence electrons. The molecule has 2 N–H and O–H groups in total. The number of amides is 1. The molecule has 1 aromatic heterocycles. The molecule has 3 heterocycles. The summed E-state index contributed by atoms with van der Waals surface area (Å²) in [5, 5.41) is 12.1. The van der Waals surface area contributed by atoms with E-state index in [4.69, 9.17) is 4.74 Å². The number of hydrogen-bond acceptors (Lipinski definition) is 4. The maximum atomic E-state index is 12.2. The van der Waals surface area contributed by atoms with Gasteiger partial charge in [-0.05, 0) is 24.5 Å². The molecule has 0 aromatic carbocycles. The number of rotatable bonds is 4. The Labute approximate surface area is 116 Å². The minimum atomic E-state index is -0.946. The molecule has 20 heavy (non-hydrogen) atoms. The zero-order chi connectivity index (χ0) is 14.1. The topological polar surface area (TPSA) is 88.5 Å². The van der Waals surface area contributed by atoms with Crippen LogP contribution in [0.5, 0.6) is 0 Å². The number of pyridine rings is 1. The highest BCUT2D eigenvalue weighted by atomic mass is 16.5. The van der Waals surface area contributed by atoms with Gasteiger partial charge in [-0.25, -0.2) is 0 Å². The Morgan fingerprint density at radius 2 is 2.10 bits per heavy atom. The third-order valence-electron chi connectivity index (χ3n) is 4.05. The zero-order valence-corrected chi connectivity index (χ0v) is 10.9. The number of nitrogens with one attached hydrogen (secondary N) is 1. The average molecular weight is 276 g/mol. The number of fused-ring (bicyclic) bond motifs is 2. The van der Waals surface area contributed by atoms with Crippen molar-refractivity contribution in [1.82, 2.24) is 10.3 Å². The molecule has 1 aromatic rings. The highest BCUT2D eigenvalue weighted by molar-refractivity contribution is 5.86. The van der Waals surface area contributed by atoms with Crippen molar-refractivity contribution in [2.75, 3.05) is 0 Å². The minimum Gasteiger partial charge on any atom is -0.481 e. The molecule has 0 aliphatic carbocycles. The van der Waals surface area contributed by atoms with E-state index in [-0.39, 0.29) is 18.1 Å². The number of carboxylic acids is 1. The van der Waals surface area contributed by atoms with E-state index in [2.05, 4.69) is 10.3 Å². The molecular formula is C14H16N2O4. The van der Waals surface area contributed by atoms with Crippen LogP contribution in [0.25, 0.3) is 0 Å². The van der Waals surface area contributed by atoms with Gasteiger partial charge in [-0.2, -0.15) is 0 Å². The van der Waals surface area contributed by atoms with Gasteiger partial charge in [0.25, 0.3) is 0 Å². The molecule has 6 heteroatoms. The first-order valence-corrected chi connectivity index (χ1v) is 6.71. The van der Waals surface area contributed by atoms with Crippen molar-refractivity contribution in [3.8, 4) is 0 Å². The molecule has 2 bridgehead atoms. The summed E-state index contributed by atoms with van der Waals surface area (Å²) in [6, 6.07) is 3.65. The lowest BCUT2D eigenvalue weighted by atomic mass is 9.78. The van der Waals surface area contributed by atoms with Gasteiger partial charge in [-0.15, -0.1) is 0 Å². The molecule has 2 aliphatic heterocycles. The Morgan fingerprint density at radius 1 is 1.35 bits per heavy atom. The summed E-state index contributed by atoms with van der Waals surface area (Å²) in [6.07, 6.45) is 4.26. The molecular weight excluding hydrogens is 260 g/mol. The number of ether oxygens (including phenoxy) is 1. The first-order chi connectivity index (χ1) is 9.66. The van der Waals surface area contributed by atoms with E-state index in [1.807, 2.05) is 6.07 Å². The van der Waals surface area contributed by atoms with Crippen LogP contribution >= 0.6 is 0 Å². The predicted molar refractivity (Wildman–Crippen MR) is 68.6 cm³/mol. The highest BCUT2D eigenvalue weighted by Gasteiger charge is 2.55. The fourth-order valence-electron chi connectivity index (χ4n) is 3.13. The summed E-state index contributed by atoms with van der Waals surface area (Å²) in [7, 11) is 0. The molecule has 2 saturated heterocycles. The van der Waals surface area contributed by atoms with E-state index in [9.17, 15) is 14.7 Å². The van der Waals surface area contributed by atoms with Crippen LogP contribution in [0.3, 0.4) is 0 Å². The van der Waals surface area contributed by atoms with Crippen LogP contribution in [0.15, 0.2) is 24.5 Å². The molecule has 2 fully saturated rings. The molecule has 0 spiro atoms. The minimum absolute atomic E-state index is 0.242. The Balaban J connectivity index is 1.66. The van der Waals surface area contributed by atoms with Crippen LogP contribution in [0, 0.1) is 11.8 Å². The van der Waals surface area contributed by atoms with E-state index in [0.717, 1.165) is 18.4 Å². The van der Waals surface area contributed by atoms with Crippen molar-refractivity contribution < 1.29 is 19.4 Å². The van der Waals surface area contributed by atoms with Crippen LogP contribution in [0.4, 0.5) is 0 Å². The lowest BCUT2D eigenvalue weighted by molar-refractivity contribution is -0.147. The predicted octanol–water partition coefficient (Wildman–Crippen LogP) is 0.576. The number of carboxylic acid groups (broad SMARTS) is 1. The number of aliphatic carboxylic acids is 1. The standard InChI is InChI=1S/C14H16N2O4/c17-13(16-7-8-2-1-5-15-6-8)11-9-3-4-10(20-9)12(11)14(18)19/h1-2,5-6,9-12H,3-4,7H2,(H,16,17)(H,18,19)/t9-,10+,11-,12+/m1/s1. The SMILES string of the molecule is O=C(O)[C@@H]1[C@H](C(=O)NCc2cccnc2)[C@H]2CC[C@@H]1O2. The van der Waals surface area contributed by atoms with Crippen molar-refractivity contribution in [1.29, 1.82) is 0 Å². The van der Waals surface area contributed by atoms with Gasteiger partial charge in [0, 0.05) is 18.9 Å². The molecule has 0 radical (unpaired) electrons. The van der Waals surface area contributed by atoms with Gasteiger partial charge in [0.1, 0.15) is 0 Å². The van der Waals surface area contributed by atoms with Crippen molar-refractivity contribution in [2.24, 2.45) is 11.8 Å². The first kappa shape index (κ1) is 13.1. The third-order valence-corrected chi connectivity index (χ3v) is 4.05. The van der Waals surface area contributed by atoms with Crippen molar-refractivity contribution in [3.05, 3.63) is 30.1 Å². The average Bonchev–Trinajstić information content (AvgIpc) is 3.06. The maximum Gasteiger partial charge on any atom is 0.310 e. The van der Waals surface area contributed by atoms with E-state index in [1.165, 1.54) is 0 Å². The fourth-order valence-corrected chi connectivity index (χ4v) is 3.13. The van der Waals surface area contributed by atoms with Crippen LogP contribution in [-0.4, -0.2) is 34.2 Å². The molecule has 0 saturated carbocycles. The summed E-state index contributed by atoms with van der Waals surface area (Å²) < 4.78 is 5.58. The Kier molecular flexibility index (Phi) is 3.40. The van der Waals surface area contributed by atoms with Gasteiger partial charge in [-0.3, -0.25) is 14.6 Å². The summed E-state index contributed by atoms with van der Waals surface area (Å²) in [4.78, 5) is 27.5. The summed E-state index contributed by atoms with van der Waals surface area (Å²) in [5.74, 6) is -2.49. The normalized spacial score (nSPS) is 31.2. The molecule has 0 unspecified atom stereocenters. The maximum absolute atomic E-state index is 12.2. The molecule has 3 rings (SSSR count). The van der Waals surface area contributed by atoms with Crippen LogP contribution < -0.4 is 5.32 Å². The lowest BCUT2D eigenvalue weighted by Gasteiger charge is -2.23. The highest BCUT2D eigenvalue weighted by Crippen LogP contribution is 2.43. The van der Waals surface area contributed by atoms with E-state index in [1.54, 1.807) is 18.5 Å². The second-order valence-corrected chi connectivity index (χ2v) is 5.26. The van der Waals surface area contributed by atoms with Gasteiger partial charge < -0.3 is 15.2 Å². The van der Waals surface area contributed by atoms with Crippen LogP contribution in [0.1, 0.15) is 18.4 Å². The van der Waals surface area contributed by atoms with E-state index in [0.29, 0.717) is 6.54 Å². The van der Waals surface area contributed by atoms with Crippen molar-refractivity contribution in [2.45, 2.75) is 31.6 Å². The van der Waals surface area contributed by atoms with E-state index < -0.39 is 17.8 Å². The third kappa shape index (κ3) is 2.27. The van der Waals surface area contributed by atoms with Crippen LogP contribution in [-0.2, 0) is 20.9 Å². The van der Waals surface area contributed by atoms with Crippen molar-refractivity contribution in [3.63, 3.8) is 0 Å². The summed E-state index contributed by atoms with van der Waals surface area (Å²) >= 11 is 0. The molecule has 4 atom stereocenters. The number of carbonyl (C=O) groups excluding carboxylic acids is 1. The smallest absolute Gasteiger partial charge is 0.310 e. The first-order valence-electron chi connectivity index (χ1n) is 6.71. The van der Waals surface area contributed by atoms with E-state index >= 15 is 0 Å². The number of nitrogens with zero attached hydrogens (tertiary/aromatic N) is 1. The quantitative estimate of drug-likeness (QED) is 0.839. The fraction of sp³-hybridized carbons (Fsp3) is 0.500. The second-order valence-electron chi connectivity index (χ2n) is 5.26. The van der Waals surface area contributed by atoms with Gasteiger partial charge in [0.05, 0.1) is 24.0 Å². The van der Waals surface area contributed by atoms with Gasteiger partial charge in [-0.1, -0.05) is 6.07 Å². The second kappa shape index (κ2) is 5.20. The summed E-state index contributed by atoms with van der Waals surface area (Å²) in [6.45, 7) is 0.354. The monoisotopic (exact) mass is 276 g/mol. The summed E-state index contributed by atoms with van der Waals surface area (Å²) in [5.41, 5.74) is 0.886. The number of aromatic nitrogens is 1. The Hall–Kier alpha value is -1.95. The van der Waals surface area contributed by atoms with Crippen LogP contribution in [0.2, 0.25) is 0 Å². The number of hydrogen-bond donors (Lipinski definition) is 2. The van der Waals surface area contributed by atoms with Gasteiger partial charge >= 0.3 is 5.97 Å². The van der Waals surface area contributed by atoms with Crippen molar-refractivity contribution >= 4 is 11.9 Å². The number of carbonyl (C=O) groups is 2. The molecule has 1 amide bonds. The lowest BCUT2D eigenvalue weighted by Crippen LogP contribution is -2.43. The zero-order valence-electron chi connectivity index (χ0n) is 10.9. The van der Waals surface area contributed by atoms with Gasteiger partial charge in [0.2, 0.25) is 5.91 Å². The Morgan fingerprint density at radius 3 is 2.75 bits per heavy atom. The van der Waals surface area contributed by atoms with Gasteiger partial charge in [0.15, 0.2) is 0 Å². The largest absolute Gasteiger partial charge is 0.481 e. The molecule has 6 nitrogen and oxygen atoms in total. The Bertz CT molecular complexity index is 519.